The van der Waals surface area contributed by atoms with Crippen molar-refractivity contribution in [3.63, 3.8) is 0 Å². The zero-order valence-corrected chi connectivity index (χ0v) is 14.5. The van der Waals surface area contributed by atoms with E-state index in [0.717, 1.165) is 28.7 Å². The molecule has 0 saturated carbocycles. The molecular formula is C16H19BrN4O. The lowest BCUT2D eigenvalue weighted by atomic mass is 10.2. The standard InChI is InChI=1S/C16H19BrN4O/c1-4-7-18-15-9-14(19-11(3)20-15)16(22)21-12-6-5-10(2)13(17)8-12/h5-6,8-9H,4,7H2,1-3H3,(H,21,22)(H,18,19,20). The third-order valence-electron chi connectivity index (χ3n) is 3.06. The van der Waals surface area contributed by atoms with Crippen molar-refractivity contribution in [2.24, 2.45) is 0 Å². The molecule has 1 aromatic carbocycles. The summed E-state index contributed by atoms with van der Waals surface area (Å²) in [6, 6.07) is 7.35. The van der Waals surface area contributed by atoms with Crippen molar-refractivity contribution in [3.8, 4) is 0 Å². The molecule has 2 aromatic rings. The minimum absolute atomic E-state index is 0.249. The van der Waals surface area contributed by atoms with E-state index in [-0.39, 0.29) is 5.91 Å². The predicted octanol–water partition coefficient (Wildman–Crippen LogP) is 3.93. The maximum Gasteiger partial charge on any atom is 0.274 e. The Morgan fingerprint density at radius 2 is 2.00 bits per heavy atom. The molecule has 2 rings (SSSR count). The fourth-order valence-electron chi connectivity index (χ4n) is 1.89. The van der Waals surface area contributed by atoms with Crippen LogP contribution in [0.3, 0.4) is 0 Å². The van der Waals surface area contributed by atoms with Crippen molar-refractivity contribution in [1.82, 2.24) is 9.97 Å². The predicted molar refractivity (Wildman–Crippen MR) is 92.4 cm³/mol. The van der Waals surface area contributed by atoms with E-state index in [1.54, 1.807) is 13.0 Å². The van der Waals surface area contributed by atoms with Crippen LogP contribution in [0.15, 0.2) is 28.7 Å². The first-order valence-electron chi connectivity index (χ1n) is 7.16. The number of anilines is 2. The second-order valence-corrected chi connectivity index (χ2v) is 5.88. The molecule has 0 bridgehead atoms. The first-order chi connectivity index (χ1) is 10.5. The lowest BCUT2D eigenvalue weighted by molar-refractivity contribution is 0.102. The van der Waals surface area contributed by atoms with Crippen LogP contribution in [-0.2, 0) is 0 Å². The molecule has 0 spiro atoms. The summed E-state index contributed by atoms with van der Waals surface area (Å²) in [4.78, 5) is 20.8. The highest BCUT2D eigenvalue weighted by Gasteiger charge is 2.11. The summed E-state index contributed by atoms with van der Waals surface area (Å²) in [5.74, 6) is 0.988. The number of benzene rings is 1. The molecule has 0 radical (unpaired) electrons. The SMILES string of the molecule is CCCNc1cc(C(=O)Nc2ccc(C)c(Br)c2)nc(C)n1. The lowest BCUT2D eigenvalue weighted by Crippen LogP contribution is -2.16. The van der Waals surface area contributed by atoms with Crippen LogP contribution in [0.1, 0.15) is 35.2 Å². The van der Waals surface area contributed by atoms with Crippen LogP contribution >= 0.6 is 15.9 Å². The van der Waals surface area contributed by atoms with E-state index in [4.69, 9.17) is 0 Å². The molecule has 2 N–H and O–H groups in total. The summed E-state index contributed by atoms with van der Waals surface area (Å²) in [7, 11) is 0. The molecule has 1 heterocycles. The normalized spacial score (nSPS) is 10.4. The van der Waals surface area contributed by atoms with Crippen LogP contribution in [0.5, 0.6) is 0 Å². The Morgan fingerprint density at radius 3 is 2.68 bits per heavy atom. The van der Waals surface area contributed by atoms with Crippen LogP contribution in [0.4, 0.5) is 11.5 Å². The fourth-order valence-corrected chi connectivity index (χ4v) is 2.27. The van der Waals surface area contributed by atoms with Gasteiger partial charge in [0.2, 0.25) is 0 Å². The van der Waals surface area contributed by atoms with Crippen molar-refractivity contribution >= 4 is 33.3 Å². The van der Waals surface area contributed by atoms with Crippen LogP contribution in [-0.4, -0.2) is 22.4 Å². The average Bonchev–Trinajstić information content (AvgIpc) is 2.48. The van der Waals surface area contributed by atoms with Gasteiger partial charge in [-0.25, -0.2) is 9.97 Å². The summed E-state index contributed by atoms with van der Waals surface area (Å²) < 4.78 is 0.953. The summed E-state index contributed by atoms with van der Waals surface area (Å²) in [5, 5.41) is 6.02. The van der Waals surface area contributed by atoms with E-state index in [1.807, 2.05) is 25.1 Å². The highest BCUT2D eigenvalue weighted by Crippen LogP contribution is 2.21. The molecule has 22 heavy (non-hydrogen) atoms. The summed E-state index contributed by atoms with van der Waals surface area (Å²) in [6.07, 6.45) is 0.988. The highest BCUT2D eigenvalue weighted by atomic mass is 79.9. The number of nitrogens with zero attached hydrogens (tertiary/aromatic N) is 2. The minimum Gasteiger partial charge on any atom is -0.370 e. The number of aryl methyl sites for hydroxylation is 2. The molecule has 5 nitrogen and oxygen atoms in total. The topological polar surface area (TPSA) is 66.9 Å². The van der Waals surface area contributed by atoms with Gasteiger partial charge in [-0.3, -0.25) is 4.79 Å². The monoisotopic (exact) mass is 362 g/mol. The zero-order valence-electron chi connectivity index (χ0n) is 12.9. The van der Waals surface area contributed by atoms with Gasteiger partial charge in [0.15, 0.2) is 0 Å². The second-order valence-electron chi connectivity index (χ2n) is 5.03. The number of nitrogens with one attached hydrogen (secondary N) is 2. The molecule has 0 saturated heterocycles. The Labute approximate surface area is 138 Å². The van der Waals surface area contributed by atoms with Crippen LogP contribution in [0, 0.1) is 13.8 Å². The van der Waals surface area contributed by atoms with Crippen LogP contribution < -0.4 is 10.6 Å². The Hall–Kier alpha value is -1.95. The number of carbonyl (C=O) groups excluding carboxylic acids is 1. The third-order valence-corrected chi connectivity index (χ3v) is 3.91. The number of amides is 1. The Morgan fingerprint density at radius 1 is 1.23 bits per heavy atom. The van der Waals surface area contributed by atoms with Gasteiger partial charge in [0.1, 0.15) is 17.3 Å². The quantitative estimate of drug-likeness (QED) is 0.845. The third kappa shape index (κ3) is 4.27. The molecule has 1 aromatic heterocycles. The number of aromatic nitrogens is 2. The summed E-state index contributed by atoms with van der Waals surface area (Å²) in [5.41, 5.74) is 2.19. The van der Waals surface area contributed by atoms with Crippen molar-refractivity contribution in [3.05, 3.63) is 45.8 Å². The minimum atomic E-state index is -0.249. The molecular weight excluding hydrogens is 344 g/mol. The smallest absolute Gasteiger partial charge is 0.274 e. The van der Waals surface area contributed by atoms with Gasteiger partial charge in [-0.05, 0) is 38.0 Å². The van der Waals surface area contributed by atoms with E-state index in [9.17, 15) is 4.79 Å². The second kappa shape index (κ2) is 7.35. The van der Waals surface area contributed by atoms with E-state index in [2.05, 4.69) is 43.5 Å². The fraction of sp³-hybridized carbons (Fsp3) is 0.312. The van der Waals surface area contributed by atoms with Gasteiger partial charge in [-0.2, -0.15) is 0 Å². The Bertz CT molecular complexity index is 688. The number of carbonyl (C=O) groups is 1. The molecule has 116 valence electrons. The molecule has 1 amide bonds. The highest BCUT2D eigenvalue weighted by molar-refractivity contribution is 9.10. The molecule has 0 atom stereocenters. The first-order valence-corrected chi connectivity index (χ1v) is 7.96. The van der Waals surface area contributed by atoms with Crippen LogP contribution in [0.25, 0.3) is 0 Å². The summed E-state index contributed by atoms with van der Waals surface area (Å²) >= 11 is 3.46. The van der Waals surface area contributed by atoms with Crippen molar-refractivity contribution in [1.29, 1.82) is 0 Å². The lowest BCUT2D eigenvalue weighted by Gasteiger charge is -2.09. The first kappa shape index (κ1) is 16.4. The van der Waals surface area contributed by atoms with E-state index in [0.29, 0.717) is 17.3 Å². The van der Waals surface area contributed by atoms with Crippen LogP contribution in [0.2, 0.25) is 0 Å². The zero-order chi connectivity index (χ0) is 16.1. The summed E-state index contributed by atoms with van der Waals surface area (Å²) in [6.45, 7) is 6.65. The average molecular weight is 363 g/mol. The van der Waals surface area contributed by atoms with Gasteiger partial charge in [0.25, 0.3) is 5.91 Å². The maximum atomic E-state index is 12.3. The number of hydrogen-bond acceptors (Lipinski definition) is 4. The molecule has 0 aliphatic rings. The largest absolute Gasteiger partial charge is 0.370 e. The van der Waals surface area contributed by atoms with E-state index >= 15 is 0 Å². The Balaban J connectivity index is 2.17. The van der Waals surface area contributed by atoms with Crippen molar-refractivity contribution in [2.75, 3.05) is 17.2 Å². The number of halogens is 1. The molecule has 6 heteroatoms. The molecule has 0 unspecified atom stereocenters. The van der Waals surface area contributed by atoms with E-state index in [1.165, 1.54) is 0 Å². The van der Waals surface area contributed by atoms with Gasteiger partial charge < -0.3 is 10.6 Å². The van der Waals surface area contributed by atoms with Gasteiger partial charge >= 0.3 is 0 Å². The molecule has 0 aliphatic carbocycles. The van der Waals surface area contributed by atoms with Crippen molar-refractivity contribution in [2.45, 2.75) is 27.2 Å². The molecule has 0 aliphatic heterocycles. The maximum absolute atomic E-state index is 12.3. The number of hydrogen-bond donors (Lipinski definition) is 2. The number of rotatable bonds is 5. The van der Waals surface area contributed by atoms with Crippen molar-refractivity contribution < 1.29 is 4.79 Å². The van der Waals surface area contributed by atoms with Gasteiger partial charge in [-0.15, -0.1) is 0 Å². The molecule has 0 fully saturated rings. The Kier molecular flexibility index (Phi) is 5.49. The van der Waals surface area contributed by atoms with Gasteiger partial charge in [-0.1, -0.05) is 28.9 Å². The van der Waals surface area contributed by atoms with Gasteiger partial charge in [0, 0.05) is 22.8 Å². The van der Waals surface area contributed by atoms with Gasteiger partial charge in [0.05, 0.1) is 0 Å². The van der Waals surface area contributed by atoms with E-state index < -0.39 is 0 Å².